The van der Waals surface area contributed by atoms with Crippen molar-refractivity contribution in [1.29, 1.82) is 0 Å². The minimum atomic E-state index is -0.125. The third-order valence-electron chi connectivity index (χ3n) is 5.57. The van der Waals surface area contributed by atoms with Gasteiger partial charge in [-0.3, -0.25) is 9.79 Å². The fraction of sp³-hybridized carbons (Fsp3) is 0.895. The third-order valence-corrected chi connectivity index (χ3v) is 5.57. The van der Waals surface area contributed by atoms with Crippen LogP contribution in [0.1, 0.15) is 52.4 Å². The Morgan fingerprint density at radius 3 is 2.54 bits per heavy atom. The summed E-state index contributed by atoms with van der Waals surface area (Å²) < 4.78 is 11.2. The van der Waals surface area contributed by atoms with Crippen LogP contribution in [-0.4, -0.2) is 62.8 Å². The maximum absolute atomic E-state index is 11.9. The van der Waals surface area contributed by atoms with Crippen LogP contribution in [0.2, 0.25) is 0 Å². The average Bonchev–Trinajstić information content (AvgIpc) is 3.02. The van der Waals surface area contributed by atoms with Gasteiger partial charge in [0.05, 0.1) is 18.6 Å². The van der Waals surface area contributed by atoms with E-state index in [2.05, 4.69) is 29.1 Å². The Kier molecular flexibility index (Phi) is 10.2. The van der Waals surface area contributed by atoms with Gasteiger partial charge in [-0.05, 0) is 25.2 Å². The maximum Gasteiger partial charge on any atom is 0.310 e. The summed E-state index contributed by atoms with van der Waals surface area (Å²) in [5.41, 5.74) is -0.0721. The number of ether oxygens (including phenoxy) is 2. The van der Waals surface area contributed by atoms with Gasteiger partial charge in [-0.15, -0.1) is 24.0 Å². The predicted molar refractivity (Wildman–Crippen MR) is 115 cm³/mol. The molecule has 1 aliphatic heterocycles. The summed E-state index contributed by atoms with van der Waals surface area (Å²) >= 11 is 0. The molecule has 1 saturated heterocycles. The van der Waals surface area contributed by atoms with Crippen molar-refractivity contribution in [1.82, 2.24) is 10.2 Å². The Bertz CT molecular complexity index is 467. The number of guanidine groups is 1. The van der Waals surface area contributed by atoms with Crippen molar-refractivity contribution >= 4 is 35.9 Å². The lowest BCUT2D eigenvalue weighted by Crippen LogP contribution is -2.50. The van der Waals surface area contributed by atoms with E-state index in [-0.39, 0.29) is 47.4 Å². The molecule has 0 amide bonds. The molecule has 2 unspecified atom stereocenters. The molecule has 152 valence electrons. The number of nitrogens with zero attached hydrogens (tertiary/aromatic N) is 2. The molecule has 2 fully saturated rings. The first-order valence-electron chi connectivity index (χ1n) is 9.72. The van der Waals surface area contributed by atoms with E-state index in [4.69, 9.17) is 9.47 Å². The largest absolute Gasteiger partial charge is 0.469 e. The minimum absolute atomic E-state index is 0. The number of hydrogen-bond donors (Lipinski definition) is 1. The molecule has 0 aromatic heterocycles. The summed E-state index contributed by atoms with van der Waals surface area (Å²) in [4.78, 5) is 18.5. The van der Waals surface area contributed by atoms with Crippen LogP contribution in [0.25, 0.3) is 0 Å². The van der Waals surface area contributed by atoms with Gasteiger partial charge >= 0.3 is 5.97 Å². The van der Waals surface area contributed by atoms with Gasteiger partial charge in [-0.25, -0.2) is 0 Å². The molecule has 2 rings (SSSR count). The average molecular weight is 481 g/mol. The van der Waals surface area contributed by atoms with Crippen molar-refractivity contribution < 1.29 is 14.3 Å². The SMILES string of the molecule is CCCOC1(CNC(=NC)N2CC(C)C(C(=O)OC)C2)CCCCC1.I. The van der Waals surface area contributed by atoms with Crippen LogP contribution in [-0.2, 0) is 14.3 Å². The van der Waals surface area contributed by atoms with Gasteiger partial charge in [0, 0.05) is 33.3 Å². The fourth-order valence-electron chi connectivity index (χ4n) is 4.06. The normalized spacial score (nSPS) is 25.5. The Morgan fingerprint density at radius 2 is 1.96 bits per heavy atom. The van der Waals surface area contributed by atoms with Crippen LogP contribution in [0.3, 0.4) is 0 Å². The highest BCUT2D eigenvalue weighted by Crippen LogP contribution is 2.31. The second kappa shape index (κ2) is 11.3. The number of methoxy groups -OCH3 is 1. The van der Waals surface area contributed by atoms with Crippen LogP contribution in [0.15, 0.2) is 4.99 Å². The molecular formula is C19H36IN3O3. The van der Waals surface area contributed by atoms with E-state index in [0.717, 1.165) is 44.9 Å². The molecule has 26 heavy (non-hydrogen) atoms. The van der Waals surface area contributed by atoms with Crippen molar-refractivity contribution in [3.05, 3.63) is 0 Å². The van der Waals surface area contributed by atoms with Gasteiger partial charge < -0.3 is 19.7 Å². The van der Waals surface area contributed by atoms with Crippen molar-refractivity contribution in [3.63, 3.8) is 0 Å². The molecule has 0 radical (unpaired) electrons. The third kappa shape index (κ3) is 5.97. The molecular weight excluding hydrogens is 445 g/mol. The number of aliphatic imine (C=N–C) groups is 1. The molecule has 0 bridgehead atoms. The van der Waals surface area contributed by atoms with Crippen molar-refractivity contribution in [3.8, 4) is 0 Å². The molecule has 7 heteroatoms. The van der Waals surface area contributed by atoms with Crippen LogP contribution in [0.4, 0.5) is 0 Å². The molecule has 0 aromatic carbocycles. The molecule has 1 saturated carbocycles. The summed E-state index contributed by atoms with van der Waals surface area (Å²) in [6.07, 6.45) is 7.03. The topological polar surface area (TPSA) is 63.2 Å². The fourth-order valence-corrected chi connectivity index (χ4v) is 4.06. The molecule has 6 nitrogen and oxygen atoms in total. The summed E-state index contributed by atoms with van der Waals surface area (Å²) in [6.45, 7) is 7.33. The molecule has 2 atom stereocenters. The van der Waals surface area contributed by atoms with Crippen LogP contribution in [0, 0.1) is 11.8 Å². The van der Waals surface area contributed by atoms with E-state index < -0.39 is 0 Å². The lowest BCUT2D eigenvalue weighted by molar-refractivity contribution is -0.146. The zero-order valence-electron chi connectivity index (χ0n) is 16.8. The summed E-state index contributed by atoms with van der Waals surface area (Å²) in [6, 6.07) is 0. The van der Waals surface area contributed by atoms with Gasteiger partial charge in [-0.1, -0.05) is 33.1 Å². The van der Waals surface area contributed by atoms with Crippen LogP contribution in [0.5, 0.6) is 0 Å². The lowest BCUT2D eigenvalue weighted by atomic mass is 9.84. The first kappa shape index (κ1) is 23.5. The number of nitrogens with one attached hydrogen (secondary N) is 1. The Labute approximate surface area is 175 Å². The number of esters is 1. The Balaban J connectivity index is 0.00000338. The van der Waals surface area contributed by atoms with E-state index in [1.165, 1.54) is 26.4 Å². The van der Waals surface area contributed by atoms with Crippen molar-refractivity contribution in [2.75, 3.05) is 40.4 Å². The summed E-state index contributed by atoms with van der Waals surface area (Å²) in [7, 11) is 3.27. The molecule has 1 heterocycles. The van der Waals surface area contributed by atoms with Crippen molar-refractivity contribution in [2.24, 2.45) is 16.8 Å². The zero-order valence-corrected chi connectivity index (χ0v) is 19.1. The maximum atomic E-state index is 11.9. The predicted octanol–water partition coefficient (Wildman–Crippen LogP) is 3.05. The first-order valence-corrected chi connectivity index (χ1v) is 9.72. The van der Waals surface area contributed by atoms with E-state index in [1.54, 1.807) is 7.05 Å². The van der Waals surface area contributed by atoms with Gasteiger partial charge in [0.1, 0.15) is 0 Å². The highest BCUT2D eigenvalue weighted by atomic mass is 127. The quantitative estimate of drug-likeness (QED) is 0.274. The Hall–Kier alpha value is -0.570. The second-order valence-corrected chi connectivity index (χ2v) is 7.50. The number of carbonyl (C=O) groups is 1. The van der Waals surface area contributed by atoms with E-state index in [0.29, 0.717) is 6.54 Å². The van der Waals surface area contributed by atoms with Gasteiger partial charge in [0.25, 0.3) is 0 Å². The monoisotopic (exact) mass is 481 g/mol. The number of halogens is 1. The van der Waals surface area contributed by atoms with E-state index in [9.17, 15) is 4.79 Å². The number of hydrogen-bond acceptors (Lipinski definition) is 4. The highest BCUT2D eigenvalue weighted by Gasteiger charge is 2.38. The lowest BCUT2D eigenvalue weighted by Gasteiger charge is -2.38. The number of rotatable bonds is 6. The molecule has 1 N–H and O–H groups in total. The van der Waals surface area contributed by atoms with E-state index >= 15 is 0 Å². The van der Waals surface area contributed by atoms with Gasteiger partial charge in [-0.2, -0.15) is 0 Å². The molecule has 0 spiro atoms. The number of carbonyl (C=O) groups excluding carboxylic acids is 1. The first-order chi connectivity index (χ1) is 12.0. The highest BCUT2D eigenvalue weighted by molar-refractivity contribution is 14.0. The summed E-state index contributed by atoms with van der Waals surface area (Å²) in [5.74, 6) is 0.929. The van der Waals surface area contributed by atoms with Crippen molar-refractivity contribution in [2.45, 2.75) is 58.0 Å². The van der Waals surface area contributed by atoms with E-state index in [1.807, 2.05) is 0 Å². The van der Waals surface area contributed by atoms with Gasteiger partial charge in [0.2, 0.25) is 0 Å². The minimum Gasteiger partial charge on any atom is -0.469 e. The number of likely N-dealkylation sites (tertiary alicyclic amines) is 1. The summed E-state index contributed by atoms with van der Waals surface area (Å²) in [5, 5.41) is 3.53. The van der Waals surface area contributed by atoms with Crippen LogP contribution < -0.4 is 5.32 Å². The zero-order chi connectivity index (χ0) is 18.3. The second-order valence-electron chi connectivity index (χ2n) is 7.50. The smallest absolute Gasteiger partial charge is 0.310 e. The standard InChI is InChI=1S/C19H35N3O3.HI/c1-5-11-25-19(9-7-6-8-10-19)14-21-18(20-3)22-12-15(2)16(13-22)17(23)24-4;/h15-16H,5-14H2,1-4H3,(H,20,21);1H. The van der Waals surface area contributed by atoms with Gasteiger partial charge in [0.15, 0.2) is 5.96 Å². The molecule has 1 aliphatic carbocycles. The molecule has 2 aliphatic rings. The van der Waals surface area contributed by atoms with Crippen LogP contribution >= 0.6 is 24.0 Å². The molecule has 0 aromatic rings. The Morgan fingerprint density at radius 1 is 1.27 bits per heavy atom.